The van der Waals surface area contributed by atoms with E-state index in [0.29, 0.717) is 36.3 Å². The first-order valence-corrected chi connectivity index (χ1v) is 13.5. The van der Waals surface area contributed by atoms with Crippen LogP contribution in [0.15, 0.2) is 54.7 Å². The summed E-state index contributed by atoms with van der Waals surface area (Å²) in [5.74, 6) is -2.05. The lowest BCUT2D eigenvalue weighted by atomic mass is 10.0. The van der Waals surface area contributed by atoms with Crippen molar-refractivity contribution < 1.29 is 23.1 Å². The van der Waals surface area contributed by atoms with Crippen LogP contribution in [-0.2, 0) is 6.54 Å². The molecule has 1 fully saturated rings. The Bertz CT molecular complexity index is 1410. The first-order chi connectivity index (χ1) is 19.8. The molecule has 4 rings (SSSR count). The van der Waals surface area contributed by atoms with Gasteiger partial charge in [-0.1, -0.05) is 19.4 Å². The fourth-order valence-electron chi connectivity index (χ4n) is 4.73. The number of piperidine rings is 1. The number of nitriles is 1. The van der Waals surface area contributed by atoms with E-state index in [1.165, 1.54) is 0 Å². The molecule has 0 aliphatic carbocycles. The first kappa shape index (κ1) is 32.2. The number of carbonyl (C=O) groups excluding carboxylic acids is 2. The topological polar surface area (TPSA) is 125 Å². The molecule has 0 atom stereocenters. The third-order valence-electron chi connectivity index (χ3n) is 6.98. The minimum absolute atomic E-state index is 0. The monoisotopic (exact) mass is 598 g/mol. The molecule has 0 unspecified atom stereocenters. The lowest BCUT2D eigenvalue weighted by molar-refractivity contribution is 0.0996. The van der Waals surface area contributed by atoms with Gasteiger partial charge in [0.2, 0.25) is 5.88 Å². The zero-order chi connectivity index (χ0) is 29.4. The summed E-state index contributed by atoms with van der Waals surface area (Å²) in [4.78, 5) is 33.0. The Morgan fingerprint density at radius 2 is 1.86 bits per heavy atom. The number of pyridine rings is 1. The number of carbonyl (C=O) groups is 2. The Morgan fingerprint density at radius 1 is 1.14 bits per heavy atom. The van der Waals surface area contributed by atoms with Gasteiger partial charge in [-0.05, 0) is 55.2 Å². The SMILES string of the molecule is CCCCN(C(=O)Nc1cc(C(N)=O)c(F)cc1F)C1CCN(Cc2ccc(Oc3ccc(C#N)cc3)nc2)CC1.Cl. The van der Waals surface area contributed by atoms with E-state index >= 15 is 0 Å². The Kier molecular flexibility index (Phi) is 11.6. The molecule has 3 N–H and O–H groups in total. The normalized spacial score (nSPS) is 13.5. The van der Waals surface area contributed by atoms with Crippen LogP contribution in [-0.4, -0.2) is 52.4 Å². The number of hydrogen-bond acceptors (Lipinski definition) is 6. The number of primary amides is 1. The van der Waals surface area contributed by atoms with Gasteiger partial charge < -0.3 is 20.7 Å². The van der Waals surface area contributed by atoms with Crippen LogP contribution >= 0.6 is 12.4 Å². The Balaban J connectivity index is 0.00000484. The van der Waals surface area contributed by atoms with E-state index in [4.69, 9.17) is 15.7 Å². The minimum atomic E-state index is -1.08. The van der Waals surface area contributed by atoms with Crippen molar-refractivity contribution in [2.75, 3.05) is 25.0 Å². The number of hydrogen-bond donors (Lipinski definition) is 2. The molecule has 1 aliphatic rings. The van der Waals surface area contributed by atoms with Crippen LogP contribution in [0.1, 0.15) is 54.1 Å². The summed E-state index contributed by atoms with van der Waals surface area (Å²) in [5, 5.41) is 11.4. The van der Waals surface area contributed by atoms with Crippen LogP contribution in [0.2, 0.25) is 0 Å². The van der Waals surface area contributed by atoms with Gasteiger partial charge in [0.15, 0.2) is 0 Å². The van der Waals surface area contributed by atoms with Gasteiger partial charge in [-0.15, -0.1) is 12.4 Å². The third-order valence-corrected chi connectivity index (χ3v) is 6.98. The molecule has 3 amide bonds. The molecule has 222 valence electrons. The molecule has 2 heterocycles. The van der Waals surface area contributed by atoms with Crippen LogP contribution < -0.4 is 15.8 Å². The standard InChI is InChI=1S/C30H32F2N6O3.ClH/c1-2-3-12-38(30(40)36-27-15-24(29(34)39)25(31)16-26(27)32)22-10-13-37(14-11-22)19-21-6-9-28(35-18-21)41-23-7-4-20(17-33)5-8-23;/h4-9,15-16,18,22H,2-3,10-14,19H2,1H3,(H2,34,39)(H,36,40);1H. The van der Waals surface area contributed by atoms with Crippen molar-refractivity contribution in [3.8, 4) is 17.7 Å². The molecular weight excluding hydrogens is 566 g/mol. The lowest BCUT2D eigenvalue weighted by Gasteiger charge is -2.38. The van der Waals surface area contributed by atoms with Gasteiger partial charge in [0.05, 0.1) is 22.9 Å². The molecule has 1 saturated heterocycles. The summed E-state index contributed by atoms with van der Waals surface area (Å²) in [6.45, 7) is 4.70. The van der Waals surface area contributed by atoms with Crippen molar-refractivity contribution in [2.45, 2.75) is 45.2 Å². The maximum atomic E-state index is 14.4. The number of nitrogens with zero attached hydrogens (tertiary/aromatic N) is 4. The van der Waals surface area contributed by atoms with Crippen molar-refractivity contribution in [1.29, 1.82) is 5.26 Å². The van der Waals surface area contributed by atoms with Crippen molar-refractivity contribution in [1.82, 2.24) is 14.8 Å². The zero-order valence-corrected chi connectivity index (χ0v) is 24.0. The number of aromatic nitrogens is 1. The average molecular weight is 599 g/mol. The predicted octanol–water partition coefficient (Wildman–Crippen LogP) is 5.84. The van der Waals surface area contributed by atoms with E-state index in [2.05, 4.69) is 21.3 Å². The quantitative estimate of drug-likeness (QED) is 0.302. The van der Waals surface area contributed by atoms with Crippen LogP contribution in [0.3, 0.4) is 0 Å². The van der Waals surface area contributed by atoms with Crippen molar-refractivity contribution in [3.63, 3.8) is 0 Å². The molecule has 12 heteroatoms. The Morgan fingerprint density at radius 3 is 2.45 bits per heavy atom. The van der Waals surface area contributed by atoms with E-state index < -0.39 is 29.1 Å². The van der Waals surface area contributed by atoms with Crippen LogP contribution in [0, 0.1) is 23.0 Å². The molecule has 1 aliphatic heterocycles. The number of anilines is 1. The summed E-state index contributed by atoms with van der Waals surface area (Å²) < 4.78 is 34.0. The fourth-order valence-corrected chi connectivity index (χ4v) is 4.73. The van der Waals surface area contributed by atoms with Crippen LogP contribution in [0.25, 0.3) is 0 Å². The number of benzene rings is 2. The van der Waals surface area contributed by atoms with Crippen LogP contribution in [0.4, 0.5) is 19.3 Å². The second-order valence-corrected chi connectivity index (χ2v) is 9.90. The fraction of sp³-hybridized carbons (Fsp3) is 0.333. The second-order valence-electron chi connectivity index (χ2n) is 9.90. The predicted molar refractivity (Wildman–Crippen MR) is 157 cm³/mol. The molecule has 0 bridgehead atoms. The number of urea groups is 1. The maximum absolute atomic E-state index is 14.4. The van der Waals surface area contributed by atoms with Gasteiger partial charge in [-0.2, -0.15) is 5.26 Å². The Hall–Kier alpha value is -4.27. The summed E-state index contributed by atoms with van der Waals surface area (Å²) in [7, 11) is 0. The summed E-state index contributed by atoms with van der Waals surface area (Å²) in [6.07, 6.45) is 4.86. The molecule has 0 radical (unpaired) electrons. The number of nitrogens with two attached hydrogens (primary N) is 1. The first-order valence-electron chi connectivity index (χ1n) is 13.5. The third kappa shape index (κ3) is 8.38. The van der Waals surface area contributed by atoms with Crippen molar-refractivity contribution >= 4 is 30.0 Å². The highest BCUT2D eigenvalue weighted by molar-refractivity contribution is 5.96. The van der Waals surface area contributed by atoms with E-state index in [0.717, 1.165) is 50.4 Å². The lowest BCUT2D eigenvalue weighted by Crippen LogP contribution is -2.49. The number of rotatable bonds is 10. The molecular formula is C30H33ClF2N6O3. The smallest absolute Gasteiger partial charge is 0.322 e. The highest BCUT2D eigenvalue weighted by Crippen LogP contribution is 2.24. The summed E-state index contributed by atoms with van der Waals surface area (Å²) >= 11 is 0. The largest absolute Gasteiger partial charge is 0.439 e. The van der Waals surface area contributed by atoms with E-state index in [1.807, 2.05) is 13.0 Å². The van der Waals surface area contributed by atoms with Crippen molar-refractivity contribution in [2.24, 2.45) is 5.73 Å². The van der Waals surface area contributed by atoms with Gasteiger partial charge >= 0.3 is 6.03 Å². The number of halogens is 3. The van der Waals surface area contributed by atoms with Gasteiger partial charge in [0.25, 0.3) is 5.91 Å². The number of nitrogens with one attached hydrogen (secondary N) is 1. The van der Waals surface area contributed by atoms with Crippen molar-refractivity contribution in [3.05, 3.63) is 83.1 Å². The Labute approximate surface area is 249 Å². The van der Waals surface area contributed by atoms with Crippen LogP contribution in [0.5, 0.6) is 11.6 Å². The molecule has 1 aromatic heterocycles. The average Bonchev–Trinajstić information content (AvgIpc) is 2.96. The summed E-state index contributed by atoms with van der Waals surface area (Å²) in [6, 6.07) is 13.5. The molecule has 0 saturated carbocycles. The molecule has 2 aromatic carbocycles. The number of ether oxygens (including phenoxy) is 1. The van der Waals surface area contributed by atoms with E-state index in [-0.39, 0.29) is 24.1 Å². The molecule has 42 heavy (non-hydrogen) atoms. The van der Waals surface area contributed by atoms with E-state index in [9.17, 15) is 18.4 Å². The van der Waals surface area contributed by atoms with Gasteiger partial charge in [0, 0.05) is 50.6 Å². The number of amides is 3. The molecule has 3 aromatic rings. The number of unbranched alkanes of at least 4 members (excludes halogenated alkanes) is 1. The van der Waals surface area contributed by atoms with Gasteiger partial charge in [-0.3, -0.25) is 9.69 Å². The zero-order valence-electron chi connectivity index (χ0n) is 23.2. The highest BCUT2D eigenvalue weighted by atomic mass is 35.5. The number of likely N-dealkylation sites (tertiary alicyclic amines) is 1. The maximum Gasteiger partial charge on any atom is 0.322 e. The minimum Gasteiger partial charge on any atom is -0.439 e. The second kappa shape index (κ2) is 15.1. The highest BCUT2D eigenvalue weighted by Gasteiger charge is 2.28. The summed E-state index contributed by atoms with van der Waals surface area (Å²) in [5.41, 5.74) is 5.97. The molecule has 9 nitrogen and oxygen atoms in total. The van der Waals surface area contributed by atoms with Gasteiger partial charge in [0.1, 0.15) is 17.4 Å². The van der Waals surface area contributed by atoms with E-state index in [1.54, 1.807) is 41.4 Å². The molecule has 0 spiro atoms. The van der Waals surface area contributed by atoms with Gasteiger partial charge in [-0.25, -0.2) is 18.6 Å².